The Hall–Kier alpha value is -2.03. The molecular formula is C56H106N2O7P+. The third-order valence-corrected chi connectivity index (χ3v) is 13.1. The SMILES string of the molecule is CC/C=C/C=C/C=C\CCCCCCCC(=O)OC(/C=C/CCCCCCCCCCC)C(COP(=O)(O)OCC[N+](C)(C)C)NC(=O)CCCCCCCCCCCCCCCCCC. The van der Waals surface area contributed by atoms with Gasteiger partial charge < -0.3 is 19.4 Å². The monoisotopic (exact) mass is 950 g/mol. The Morgan fingerprint density at radius 3 is 1.44 bits per heavy atom. The lowest BCUT2D eigenvalue weighted by atomic mass is 10.0. The van der Waals surface area contributed by atoms with Crippen molar-refractivity contribution in [1.82, 2.24) is 5.32 Å². The smallest absolute Gasteiger partial charge is 0.456 e. The Labute approximate surface area is 408 Å². The van der Waals surface area contributed by atoms with Gasteiger partial charge in [-0.15, -0.1) is 0 Å². The molecular weight excluding hydrogens is 844 g/mol. The Morgan fingerprint density at radius 2 is 0.970 bits per heavy atom. The highest BCUT2D eigenvalue weighted by molar-refractivity contribution is 7.47. The first-order valence-corrected chi connectivity index (χ1v) is 29.0. The lowest BCUT2D eigenvalue weighted by Gasteiger charge is -2.27. The van der Waals surface area contributed by atoms with Crippen LogP contribution in [-0.4, -0.2) is 74.3 Å². The van der Waals surface area contributed by atoms with E-state index in [0.29, 0.717) is 17.4 Å². The number of unbranched alkanes of at least 4 members (excludes halogenated alkanes) is 29. The van der Waals surface area contributed by atoms with Crippen molar-refractivity contribution in [1.29, 1.82) is 0 Å². The van der Waals surface area contributed by atoms with E-state index >= 15 is 0 Å². The van der Waals surface area contributed by atoms with Gasteiger partial charge in [0.15, 0.2) is 0 Å². The zero-order chi connectivity index (χ0) is 48.7. The van der Waals surface area contributed by atoms with Crippen LogP contribution in [0.3, 0.4) is 0 Å². The number of nitrogens with zero attached hydrogens (tertiary/aromatic N) is 1. The van der Waals surface area contributed by atoms with E-state index in [1.807, 2.05) is 33.3 Å². The van der Waals surface area contributed by atoms with E-state index in [4.69, 9.17) is 13.8 Å². The number of hydrogen-bond acceptors (Lipinski definition) is 6. The van der Waals surface area contributed by atoms with Gasteiger partial charge in [0.2, 0.25) is 5.91 Å². The van der Waals surface area contributed by atoms with Crippen molar-refractivity contribution in [2.75, 3.05) is 40.9 Å². The number of rotatable bonds is 49. The van der Waals surface area contributed by atoms with Crippen molar-refractivity contribution < 1.29 is 37.3 Å². The van der Waals surface area contributed by atoms with Crippen LogP contribution < -0.4 is 5.32 Å². The first kappa shape index (κ1) is 64.0. The van der Waals surface area contributed by atoms with E-state index < -0.39 is 20.0 Å². The second kappa shape index (κ2) is 46.7. The quantitative estimate of drug-likeness (QED) is 0.0156. The minimum absolute atomic E-state index is 0.0373. The molecule has 66 heavy (non-hydrogen) atoms. The maximum Gasteiger partial charge on any atom is 0.472 e. The molecule has 0 saturated carbocycles. The summed E-state index contributed by atoms with van der Waals surface area (Å²) in [4.78, 5) is 37.5. The van der Waals surface area contributed by atoms with E-state index in [2.05, 4.69) is 62.5 Å². The molecule has 0 fully saturated rings. The average molecular weight is 950 g/mol. The molecule has 0 spiro atoms. The van der Waals surface area contributed by atoms with E-state index in [-0.39, 0.29) is 31.5 Å². The summed E-state index contributed by atoms with van der Waals surface area (Å²) < 4.78 is 30.5. The molecule has 0 aromatic carbocycles. The van der Waals surface area contributed by atoms with E-state index in [0.717, 1.165) is 83.5 Å². The summed E-state index contributed by atoms with van der Waals surface area (Å²) in [7, 11) is 1.49. The molecule has 2 N–H and O–H groups in total. The van der Waals surface area contributed by atoms with Crippen molar-refractivity contribution >= 4 is 19.7 Å². The summed E-state index contributed by atoms with van der Waals surface area (Å²) in [6.07, 6.45) is 55.3. The van der Waals surface area contributed by atoms with E-state index in [9.17, 15) is 19.0 Å². The van der Waals surface area contributed by atoms with Gasteiger partial charge in [0.25, 0.3) is 0 Å². The van der Waals surface area contributed by atoms with Crippen LogP contribution in [-0.2, 0) is 27.9 Å². The van der Waals surface area contributed by atoms with Gasteiger partial charge in [0, 0.05) is 12.8 Å². The van der Waals surface area contributed by atoms with Crippen LogP contribution in [0, 0.1) is 0 Å². The molecule has 3 unspecified atom stereocenters. The van der Waals surface area contributed by atoms with Gasteiger partial charge >= 0.3 is 13.8 Å². The molecule has 0 aliphatic rings. The molecule has 0 bridgehead atoms. The maximum absolute atomic E-state index is 13.5. The summed E-state index contributed by atoms with van der Waals surface area (Å²) in [5.74, 6) is -0.525. The number of hydrogen-bond donors (Lipinski definition) is 2. The molecule has 1 amide bonds. The molecule has 0 aromatic heterocycles. The molecule has 386 valence electrons. The van der Waals surface area contributed by atoms with Crippen molar-refractivity contribution in [2.24, 2.45) is 0 Å². The number of carbonyl (C=O) groups is 2. The highest BCUT2D eigenvalue weighted by Crippen LogP contribution is 2.43. The molecule has 0 rings (SSSR count). The van der Waals surface area contributed by atoms with E-state index in [1.165, 1.54) is 128 Å². The van der Waals surface area contributed by atoms with Crippen LogP contribution in [0.25, 0.3) is 0 Å². The average Bonchev–Trinajstić information content (AvgIpc) is 3.27. The third-order valence-electron chi connectivity index (χ3n) is 12.1. The summed E-state index contributed by atoms with van der Waals surface area (Å²) >= 11 is 0. The number of amides is 1. The second-order valence-electron chi connectivity index (χ2n) is 19.8. The third kappa shape index (κ3) is 47.1. The number of ether oxygens (including phenoxy) is 1. The molecule has 0 heterocycles. The highest BCUT2D eigenvalue weighted by atomic mass is 31.2. The Morgan fingerprint density at radius 1 is 0.545 bits per heavy atom. The lowest BCUT2D eigenvalue weighted by molar-refractivity contribution is -0.870. The number of quaternary nitrogens is 1. The fraction of sp³-hybridized carbons (Fsp3) is 0.821. The summed E-state index contributed by atoms with van der Waals surface area (Å²) in [6, 6.07) is -0.852. The topological polar surface area (TPSA) is 111 Å². The highest BCUT2D eigenvalue weighted by Gasteiger charge is 2.30. The molecule has 10 heteroatoms. The Bertz CT molecular complexity index is 1280. The zero-order valence-corrected chi connectivity index (χ0v) is 44.8. The maximum atomic E-state index is 13.5. The number of phosphoric ester groups is 1. The number of allylic oxidation sites excluding steroid dienone is 7. The van der Waals surface area contributed by atoms with Crippen LogP contribution >= 0.6 is 7.82 Å². The van der Waals surface area contributed by atoms with Gasteiger partial charge in [0.05, 0.1) is 33.8 Å². The van der Waals surface area contributed by atoms with Crippen LogP contribution in [0.4, 0.5) is 0 Å². The number of esters is 1. The minimum Gasteiger partial charge on any atom is -0.456 e. The van der Waals surface area contributed by atoms with Crippen LogP contribution in [0.2, 0.25) is 0 Å². The van der Waals surface area contributed by atoms with Gasteiger partial charge in [-0.05, 0) is 51.0 Å². The van der Waals surface area contributed by atoms with Gasteiger partial charge in [0.1, 0.15) is 19.3 Å². The summed E-state index contributed by atoms with van der Waals surface area (Å²) in [5.41, 5.74) is 0. The van der Waals surface area contributed by atoms with E-state index in [1.54, 1.807) is 0 Å². The van der Waals surface area contributed by atoms with Crippen molar-refractivity contribution in [2.45, 2.75) is 258 Å². The standard InChI is InChI=1S/C56H105N2O7P/c1-7-10-13-16-19-22-25-27-28-29-31-33-36-39-42-45-48-55(59)57-53(52-64-66(61,62)63-51-50-58(4,5)6)54(47-44-41-38-35-32-24-21-18-15-12-9-3)65-56(60)49-46-43-40-37-34-30-26-23-20-17-14-11-8-2/h11,14,17,20,23,26,44,47,53-54H,7-10,12-13,15-16,18-19,21-22,24-25,27-43,45-46,48-52H2,1-6H3,(H-,57,59,61,62)/p+1/b14-11+,20-17+,26-23-,47-44+. The normalized spacial score (nSPS) is 14.2. The Balaban J connectivity index is 5.36. The number of nitrogens with one attached hydrogen (secondary N) is 1. The number of phosphoric acid groups is 1. The first-order valence-electron chi connectivity index (χ1n) is 27.5. The molecule has 3 atom stereocenters. The van der Waals surface area contributed by atoms with Crippen molar-refractivity contribution in [3.63, 3.8) is 0 Å². The zero-order valence-electron chi connectivity index (χ0n) is 43.9. The van der Waals surface area contributed by atoms with Gasteiger partial charge in [-0.1, -0.05) is 230 Å². The fourth-order valence-corrected chi connectivity index (χ4v) is 8.56. The molecule has 0 saturated heterocycles. The lowest BCUT2D eigenvalue weighted by Crippen LogP contribution is -2.47. The predicted molar refractivity (Wildman–Crippen MR) is 282 cm³/mol. The Kier molecular flexibility index (Phi) is 45.3. The molecule has 0 aliphatic heterocycles. The molecule has 0 radical (unpaired) electrons. The number of likely N-dealkylation sites (N-methyl/N-ethyl adjacent to an activating group) is 1. The predicted octanol–water partition coefficient (Wildman–Crippen LogP) is 16.2. The van der Waals surface area contributed by atoms with Crippen LogP contribution in [0.1, 0.15) is 245 Å². The fourth-order valence-electron chi connectivity index (χ4n) is 7.82. The van der Waals surface area contributed by atoms with Crippen molar-refractivity contribution in [3.05, 3.63) is 48.6 Å². The number of carbonyl (C=O) groups excluding carboxylic acids is 2. The molecule has 0 aromatic rings. The van der Waals surface area contributed by atoms with Gasteiger partial charge in [-0.2, -0.15) is 0 Å². The van der Waals surface area contributed by atoms with Gasteiger partial charge in [-0.25, -0.2) is 4.57 Å². The minimum atomic E-state index is -4.44. The molecule has 9 nitrogen and oxygen atoms in total. The first-order chi connectivity index (χ1) is 31.9. The van der Waals surface area contributed by atoms with Crippen LogP contribution in [0.5, 0.6) is 0 Å². The van der Waals surface area contributed by atoms with Crippen molar-refractivity contribution in [3.8, 4) is 0 Å². The van der Waals surface area contributed by atoms with Gasteiger partial charge in [-0.3, -0.25) is 18.6 Å². The van der Waals surface area contributed by atoms with Crippen LogP contribution in [0.15, 0.2) is 48.6 Å². The second-order valence-corrected chi connectivity index (χ2v) is 21.2. The largest absolute Gasteiger partial charge is 0.472 e. The summed E-state index contributed by atoms with van der Waals surface area (Å²) in [5, 5.41) is 3.04. The molecule has 0 aliphatic carbocycles. The summed E-state index contributed by atoms with van der Waals surface area (Å²) in [6.45, 7) is 6.86.